The fourth-order valence-corrected chi connectivity index (χ4v) is 7.13. The molecule has 2 aromatic carbocycles. The van der Waals surface area contributed by atoms with Crippen LogP contribution in [0.4, 0.5) is 0 Å². The van der Waals surface area contributed by atoms with Gasteiger partial charge in [0, 0.05) is 23.9 Å². The van der Waals surface area contributed by atoms with Crippen molar-refractivity contribution >= 4 is 11.9 Å². The first-order valence-corrected chi connectivity index (χ1v) is 16.3. The molecule has 0 atom stereocenters. The minimum absolute atomic E-state index is 0.00209. The summed E-state index contributed by atoms with van der Waals surface area (Å²) in [6.45, 7) is 11.0. The second-order valence-corrected chi connectivity index (χ2v) is 14.0. The van der Waals surface area contributed by atoms with Crippen molar-refractivity contribution in [3.8, 4) is 16.9 Å². The van der Waals surface area contributed by atoms with Crippen LogP contribution in [0, 0.1) is 5.92 Å². The van der Waals surface area contributed by atoms with Gasteiger partial charge in [-0.15, -0.1) is 0 Å². The Morgan fingerprint density at radius 1 is 0.786 bits per heavy atom. The lowest BCUT2D eigenvalue weighted by atomic mass is 9.77. The molecule has 0 N–H and O–H groups in total. The maximum atomic E-state index is 12.5. The van der Waals surface area contributed by atoms with Crippen molar-refractivity contribution in [2.75, 3.05) is 7.05 Å². The number of piperidine rings is 1. The van der Waals surface area contributed by atoms with Crippen LogP contribution in [0.25, 0.3) is 11.1 Å². The third-order valence-corrected chi connectivity index (χ3v) is 9.97. The summed E-state index contributed by atoms with van der Waals surface area (Å²) in [6.07, 6.45) is 12.3. The minimum atomic E-state index is -0.423. The molecular weight excluding hydrogens is 522 g/mol. The van der Waals surface area contributed by atoms with Crippen molar-refractivity contribution < 1.29 is 19.1 Å². The van der Waals surface area contributed by atoms with E-state index in [9.17, 15) is 9.59 Å². The summed E-state index contributed by atoms with van der Waals surface area (Å²) in [5, 5.41) is 0. The maximum absolute atomic E-state index is 12.5. The summed E-state index contributed by atoms with van der Waals surface area (Å²) in [5.41, 5.74) is 3.58. The average Bonchev–Trinajstić information content (AvgIpc) is 2.96. The van der Waals surface area contributed by atoms with Gasteiger partial charge >= 0.3 is 11.9 Å². The van der Waals surface area contributed by atoms with Crippen LogP contribution in [0.15, 0.2) is 48.5 Å². The van der Waals surface area contributed by atoms with E-state index in [0.29, 0.717) is 11.7 Å². The van der Waals surface area contributed by atoms with Gasteiger partial charge in [-0.1, -0.05) is 69.0 Å². The summed E-state index contributed by atoms with van der Waals surface area (Å²) in [7, 11) is 2.12. The lowest BCUT2D eigenvalue weighted by Crippen LogP contribution is -2.60. The number of rotatable bonds is 11. The second kappa shape index (κ2) is 14.2. The van der Waals surface area contributed by atoms with E-state index in [1.807, 2.05) is 24.3 Å². The van der Waals surface area contributed by atoms with Crippen LogP contribution in [0.3, 0.4) is 0 Å². The van der Waals surface area contributed by atoms with Gasteiger partial charge in [-0.2, -0.15) is 0 Å². The van der Waals surface area contributed by atoms with Crippen molar-refractivity contribution in [1.82, 2.24) is 4.90 Å². The molecule has 230 valence electrons. The highest BCUT2D eigenvalue weighted by molar-refractivity contribution is 5.79. The molecule has 5 heteroatoms. The van der Waals surface area contributed by atoms with Gasteiger partial charge < -0.3 is 9.47 Å². The Hall–Kier alpha value is -2.66. The van der Waals surface area contributed by atoms with Gasteiger partial charge in [0.1, 0.15) is 11.9 Å². The molecule has 42 heavy (non-hydrogen) atoms. The zero-order valence-corrected chi connectivity index (χ0v) is 26.9. The lowest BCUT2D eigenvalue weighted by Gasteiger charge is -2.53. The van der Waals surface area contributed by atoms with E-state index in [-0.39, 0.29) is 36.0 Å². The summed E-state index contributed by atoms with van der Waals surface area (Å²) >= 11 is 0. The van der Waals surface area contributed by atoms with E-state index in [1.54, 1.807) is 0 Å². The molecule has 0 radical (unpaired) electrons. The van der Waals surface area contributed by atoms with Crippen LogP contribution in [0.5, 0.6) is 5.75 Å². The number of carbonyl (C=O) groups is 2. The summed E-state index contributed by atoms with van der Waals surface area (Å²) in [6, 6.07) is 16.6. The maximum Gasteiger partial charge on any atom is 0.311 e. The Morgan fingerprint density at radius 3 is 1.90 bits per heavy atom. The smallest absolute Gasteiger partial charge is 0.311 e. The van der Waals surface area contributed by atoms with Gasteiger partial charge in [0.2, 0.25) is 0 Å². The number of likely N-dealkylation sites (tertiary alicyclic amines) is 1. The molecule has 0 aromatic heterocycles. The Labute approximate surface area is 254 Å². The number of carbonyl (C=O) groups excluding carboxylic acids is 2. The first-order chi connectivity index (χ1) is 20.0. The van der Waals surface area contributed by atoms with Gasteiger partial charge in [-0.05, 0) is 101 Å². The molecule has 0 unspecified atom stereocenters. The predicted molar refractivity (Wildman–Crippen MR) is 171 cm³/mol. The third kappa shape index (κ3) is 8.69. The SMILES string of the molecule is CCCCCC1CCC(c2ccc(-c3ccc(OC(=O)CCC(=O)OC4CC(C)(C)N(C)C(C)(C)C4)cc3)cc2)CC1. The summed E-state index contributed by atoms with van der Waals surface area (Å²) in [5.74, 6) is 1.34. The van der Waals surface area contributed by atoms with E-state index in [1.165, 1.54) is 56.9 Å². The number of benzene rings is 2. The minimum Gasteiger partial charge on any atom is -0.462 e. The predicted octanol–water partition coefficient (Wildman–Crippen LogP) is 9.09. The van der Waals surface area contributed by atoms with Crippen molar-refractivity contribution in [1.29, 1.82) is 0 Å². The number of nitrogens with zero attached hydrogens (tertiary/aromatic N) is 1. The van der Waals surface area contributed by atoms with Crippen molar-refractivity contribution in [2.24, 2.45) is 5.92 Å². The Kier molecular flexibility index (Phi) is 10.9. The lowest BCUT2D eigenvalue weighted by molar-refractivity contribution is -0.160. The number of ether oxygens (including phenoxy) is 2. The number of hydrogen-bond acceptors (Lipinski definition) is 5. The van der Waals surface area contributed by atoms with Crippen molar-refractivity contribution in [2.45, 2.75) is 135 Å². The van der Waals surface area contributed by atoms with Gasteiger partial charge in [-0.3, -0.25) is 14.5 Å². The molecule has 1 saturated heterocycles. The molecule has 1 heterocycles. The highest BCUT2D eigenvalue weighted by Gasteiger charge is 2.44. The zero-order valence-electron chi connectivity index (χ0n) is 26.9. The van der Waals surface area contributed by atoms with Crippen LogP contribution in [0.1, 0.15) is 123 Å². The first kappa shape index (κ1) is 32.3. The molecule has 4 rings (SSSR count). The van der Waals surface area contributed by atoms with E-state index < -0.39 is 5.97 Å². The molecule has 0 bridgehead atoms. The average molecular weight is 576 g/mol. The van der Waals surface area contributed by atoms with Gasteiger partial charge in [0.15, 0.2) is 0 Å². The number of hydrogen-bond donors (Lipinski definition) is 0. The monoisotopic (exact) mass is 575 g/mol. The van der Waals surface area contributed by atoms with Gasteiger partial charge in [-0.25, -0.2) is 0 Å². The van der Waals surface area contributed by atoms with E-state index in [0.717, 1.165) is 29.9 Å². The van der Waals surface area contributed by atoms with E-state index >= 15 is 0 Å². The fourth-order valence-electron chi connectivity index (χ4n) is 7.13. The first-order valence-electron chi connectivity index (χ1n) is 16.3. The topological polar surface area (TPSA) is 55.8 Å². The summed E-state index contributed by atoms with van der Waals surface area (Å²) in [4.78, 5) is 27.3. The zero-order chi connectivity index (χ0) is 30.3. The van der Waals surface area contributed by atoms with Gasteiger partial charge in [0.05, 0.1) is 12.8 Å². The molecule has 1 saturated carbocycles. The van der Waals surface area contributed by atoms with Crippen LogP contribution >= 0.6 is 0 Å². The van der Waals surface area contributed by atoms with Crippen LogP contribution < -0.4 is 4.74 Å². The second-order valence-electron chi connectivity index (χ2n) is 14.0. The largest absolute Gasteiger partial charge is 0.462 e. The van der Waals surface area contributed by atoms with Crippen molar-refractivity contribution in [3.05, 3.63) is 54.1 Å². The molecule has 0 spiro atoms. The Morgan fingerprint density at radius 2 is 1.33 bits per heavy atom. The molecular formula is C37H53NO4. The molecule has 2 aromatic rings. The highest BCUT2D eigenvalue weighted by Crippen LogP contribution is 2.39. The molecule has 2 aliphatic rings. The van der Waals surface area contributed by atoms with Gasteiger partial charge in [0.25, 0.3) is 0 Å². The standard InChI is InChI=1S/C37H53NO4/c1-7-8-9-10-27-11-13-28(14-12-27)29-15-17-30(18-16-29)31-19-21-32(22-20-31)41-34(39)23-24-35(40)42-33-25-36(2,3)38(6)37(4,5)26-33/h15-22,27-28,33H,7-14,23-26H2,1-6H3. The number of unbranched alkanes of at least 4 members (excludes halogenated alkanes) is 2. The van der Waals surface area contributed by atoms with Crippen LogP contribution in [-0.4, -0.2) is 41.1 Å². The quantitative estimate of drug-likeness (QED) is 0.152. The highest BCUT2D eigenvalue weighted by atomic mass is 16.5. The normalized spacial score (nSPS) is 22.4. The molecule has 1 aliphatic heterocycles. The van der Waals surface area contributed by atoms with E-state index in [4.69, 9.17) is 9.47 Å². The Balaban J connectivity index is 1.20. The van der Waals surface area contributed by atoms with Crippen molar-refractivity contribution in [3.63, 3.8) is 0 Å². The molecule has 2 fully saturated rings. The van der Waals surface area contributed by atoms with Crippen LogP contribution in [0.2, 0.25) is 0 Å². The summed E-state index contributed by atoms with van der Waals surface area (Å²) < 4.78 is 11.3. The molecule has 5 nitrogen and oxygen atoms in total. The third-order valence-electron chi connectivity index (χ3n) is 9.97. The van der Waals surface area contributed by atoms with Crippen LogP contribution in [-0.2, 0) is 14.3 Å². The number of esters is 2. The Bertz CT molecular complexity index is 1140. The molecule has 1 aliphatic carbocycles. The fraction of sp³-hybridized carbons (Fsp3) is 0.622. The van der Waals surface area contributed by atoms with E-state index in [2.05, 4.69) is 70.8 Å². The molecule has 0 amide bonds.